The number of nitrogens with zero attached hydrogens (tertiary/aromatic N) is 1. The number of hydrogen-bond donors (Lipinski definition) is 1. The van der Waals surface area contributed by atoms with E-state index in [2.05, 4.69) is 25.7 Å². The van der Waals surface area contributed by atoms with Crippen molar-refractivity contribution in [1.29, 1.82) is 0 Å². The van der Waals surface area contributed by atoms with Gasteiger partial charge in [-0.05, 0) is 50.4 Å². The third kappa shape index (κ3) is 2.42. The van der Waals surface area contributed by atoms with Crippen LogP contribution in [0.4, 0.5) is 0 Å². The Morgan fingerprint density at radius 3 is 2.65 bits per heavy atom. The van der Waals surface area contributed by atoms with Gasteiger partial charge in [-0.15, -0.1) is 0 Å². The van der Waals surface area contributed by atoms with Crippen LogP contribution in [0.25, 0.3) is 0 Å². The summed E-state index contributed by atoms with van der Waals surface area (Å²) in [7, 11) is 0. The molecule has 5 atom stereocenters. The third-order valence-electron chi connectivity index (χ3n) is 6.64. The standard InChI is InChI=1S/C17H31NO2/c1-12-11-14-5-4-6-15(14)18(12)16(19)13(2)17(3)7-9-20-10-8-17/h12-16,19H,4-11H2,1-3H3/t12-,13?,14?,15?,16?/m1/s1. The predicted octanol–water partition coefficient (Wildman–Crippen LogP) is 3.02. The summed E-state index contributed by atoms with van der Waals surface area (Å²) in [5.74, 6) is 1.17. The van der Waals surface area contributed by atoms with Crippen molar-refractivity contribution in [1.82, 2.24) is 4.90 Å². The second-order valence-corrected chi connectivity index (χ2v) is 7.76. The fraction of sp³-hybridized carbons (Fsp3) is 1.00. The van der Waals surface area contributed by atoms with Crippen molar-refractivity contribution in [2.75, 3.05) is 13.2 Å². The first-order valence-electron chi connectivity index (χ1n) is 8.56. The lowest BCUT2D eigenvalue weighted by atomic mass is 9.71. The third-order valence-corrected chi connectivity index (χ3v) is 6.64. The quantitative estimate of drug-likeness (QED) is 0.863. The summed E-state index contributed by atoms with van der Waals surface area (Å²) in [6.45, 7) is 8.62. The molecule has 1 aliphatic carbocycles. The molecule has 116 valence electrons. The van der Waals surface area contributed by atoms with E-state index in [1.807, 2.05) is 0 Å². The Labute approximate surface area is 123 Å². The zero-order valence-electron chi connectivity index (χ0n) is 13.3. The van der Waals surface area contributed by atoms with Gasteiger partial charge >= 0.3 is 0 Å². The van der Waals surface area contributed by atoms with Gasteiger partial charge in [-0.2, -0.15) is 0 Å². The lowest BCUT2D eigenvalue weighted by molar-refractivity contribution is -0.117. The molecule has 0 radical (unpaired) electrons. The van der Waals surface area contributed by atoms with Crippen LogP contribution in [0.2, 0.25) is 0 Å². The number of aliphatic hydroxyl groups excluding tert-OH is 1. The maximum atomic E-state index is 11.0. The first-order valence-corrected chi connectivity index (χ1v) is 8.56. The Morgan fingerprint density at radius 1 is 1.25 bits per heavy atom. The van der Waals surface area contributed by atoms with E-state index in [1.54, 1.807) is 0 Å². The van der Waals surface area contributed by atoms with E-state index in [4.69, 9.17) is 4.74 Å². The highest BCUT2D eigenvalue weighted by molar-refractivity contribution is 4.99. The van der Waals surface area contributed by atoms with Gasteiger partial charge in [-0.1, -0.05) is 20.3 Å². The van der Waals surface area contributed by atoms with Gasteiger partial charge in [0.15, 0.2) is 0 Å². The fourth-order valence-electron chi connectivity index (χ4n) is 4.94. The molecule has 3 aliphatic rings. The van der Waals surface area contributed by atoms with Gasteiger partial charge in [0.1, 0.15) is 6.23 Å². The van der Waals surface area contributed by atoms with E-state index < -0.39 is 0 Å². The van der Waals surface area contributed by atoms with Gasteiger partial charge in [-0.3, -0.25) is 4.90 Å². The summed E-state index contributed by atoms with van der Waals surface area (Å²) >= 11 is 0. The van der Waals surface area contributed by atoms with Crippen LogP contribution in [-0.4, -0.2) is 41.5 Å². The minimum absolute atomic E-state index is 0.230. The molecule has 0 bridgehead atoms. The monoisotopic (exact) mass is 281 g/mol. The Morgan fingerprint density at radius 2 is 1.95 bits per heavy atom. The molecule has 2 saturated heterocycles. The number of aliphatic hydroxyl groups is 1. The molecule has 3 rings (SSSR count). The molecular formula is C17H31NO2. The molecule has 0 aromatic carbocycles. The molecule has 4 unspecified atom stereocenters. The van der Waals surface area contributed by atoms with Crippen molar-refractivity contribution in [2.45, 2.75) is 77.6 Å². The largest absolute Gasteiger partial charge is 0.381 e. The summed E-state index contributed by atoms with van der Waals surface area (Å²) in [5, 5.41) is 11.0. The number of rotatable bonds is 3. The minimum Gasteiger partial charge on any atom is -0.381 e. The molecule has 20 heavy (non-hydrogen) atoms. The molecular weight excluding hydrogens is 250 g/mol. The average Bonchev–Trinajstić information content (AvgIpc) is 2.97. The van der Waals surface area contributed by atoms with Crippen LogP contribution >= 0.6 is 0 Å². The van der Waals surface area contributed by atoms with Gasteiger partial charge in [0.05, 0.1) is 0 Å². The van der Waals surface area contributed by atoms with Crippen molar-refractivity contribution >= 4 is 0 Å². The topological polar surface area (TPSA) is 32.7 Å². The van der Waals surface area contributed by atoms with Crippen LogP contribution in [0.1, 0.15) is 59.3 Å². The molecule has 3 heteroatoms. The molecule has 1 N–H and O–H groups in total. The smallest absolute Gasteiger partial charge is 0.110 e. The van der Waals surface area contributed by atoms with Crippen LogP contribution in [0.15, 0.2) is 0 Å². The van der Waals surface area contributed by atoms with Gasteiger partial charge in [0, 0.05) is 31.2 Å². The fourth-order valence-corrected chi connectivity index (χ4v) is 4.94. The minimum atomic E-state index is -0.277. The van der Waals surface area contributed by atoms with Gasteiger partial charge in [0.25, 0.3) is 0 Å². The number of hydrogen-bond acceptors (Lipinski definition) is 3. The average molecular weight is 281 g/mol. The van der Waals surface area contributed by atoms with Crippen LogP contribution < -0.4 is 0 Å². The zero-order chi connectivity index (χ0) is 14.3. The second-order valence-electron chi connectivity index (χ2n) is 7.76. The van der Waals surface area contributed by atoms with E-state index in [0.717, 1.165) is 32.0 Å². The van der Waals surface area contributed by atoms with Gasteiger partial charge < -0.3 is 9.84 Å². The normalized spacial score (nSPS) is 40.5. The van der Waals surface area contributed by atoms with Gasteiger partial charge in [0.2, 0.25) is 0 Å². The molecule has 2 aliphatic heterocycles. The molecule has 3 fully saturated rings. The van der Waals surface area contributed by atoms with Crippen molar-refractivity contribution in [3.8, 4) is 0 Å². The van der Waals surface area contributed by atoms with E-state index >= 15 is 0 Å². The zero-order valence-corrected chi connectivity index (χ0v) is 13.3. The van der Waals surface area contributed by atoms with Crippen LogP contribution in [0.5, 0.6) is 0 Å². The van der Waals surface area contributed by atoms with Crippen molar-refractivity contribution in [2.24, 2.45) is 17.3 Å². The molecule has 0 aromatic rings. The number of ether oxygens (including phenoxy) is 1. The maximum Gasteiger partial charge on any atom is 0.110 e. The summed E-state index contributed by atoms with van der Waals surface area (Å²) in [6.07, 6.45) is 7.19. The molecule has 0 spiro atoms. The Bertz CT molecular complexity index is 340. The SMILES string of the molecule is CC(C(O)N1C2CCCC2C[C@H]1C)C1(C)CCOCC1. The highest BCUT2D eigenvalue weighted by Gasteiger charge is 2.48. The Balaban J connectivity index is 1.72. The summed E-state index contributed by atoms with van der Waals surface area (Å²) in [4.78, 5) is 2.46. The summed E-state index contributed by atoms with van der Waals surface area (Å²) in [6, 6.07) is 1.19. The number of fused-ring (bicyclic) bond motifs is 1. The predicted molar refractivity (Wildman–Crippen MR) is 80.4 cm³/mol. The van der Waals surface area contributed by atoms with E-state index in [1.165, 1.54) is 25.7 Å². The molecule has 1 saturated carbocycles. The molecule has 2 heterocycles. The highest BCUT2D eigenvalue weighted by Crippen LogP contribution is 2.46. The van der Waals surface area contributed by atoms with Crippen molar-refractivity contribution in [3.05, 3.63) is 0 Å². The second kappa shape index (κ2) is 5.58. The molecule has 0 aromatic heterocycles. The van der Waals surface area contributed by atoms with E-state index in [-0.39, 0.29) is 11.6 Å². The van der Waals surface area contributed by atoms with E-state index in [9.17, 15) is 5.11 Å². The summed E-state index contributed by atoms with van der Waals surface area (Å²) < 4.78 is 5.52. The van der Waals surface area contributed by atoms with Crippen molar-refractivity contribution < 1.29 is 9.84 Å². The van der Waals surface area contributed by atoms with Gasteiger partial charge in [-0.25, -0.2) is 0 Å². The van der Waals surface area contributed by atoms with E-state index in [0.29, 0.717) is 18.0 Å². The Kier molecular flexibility index (Phi) is 4.13. The van der Waals surface area contributed by atoms with Crippen LogP contribution in [-0.2, 0) is 4.74 Å². The van der Waals surface area contributed by atoms with Crippen LogP contribution in [0, 0.1) is 17.3 Å². The summed E-state index contributed by atoms with van der Waals surface area (Å²) in [5.41, 5.74) is 0.230. The highest BCUT2D eigenvalue weighted by atomic mass is 16.5. The van der Waals surface area contributed by atoms with Crippen LogP contribution in [0.3, 0.4) is 0 Å². The molecule has 0 amide bonds. The lowest BCUT2D eigenvalue weighted by Crippen LogP contribution is -2.51. The molecule has 3 nitrogen and oxygen atoms in total. The first kappa shape index (κ1) is 14.8. The first-order chi connectivity index (χ1) is 9.53. The van der Waals surface area contributed by atoms with Crippen molar-refractivity contribution in [3.63, 3.8) is 0 Å². The lowest BCUT2D eigenvalue weighted by Gasteiger charge is -2.45. The maximum absolute atomic E-state index is 11.0. The number of likely N-dealkylation sites (tertiary alicyclic amines) is 1. The Hall–Kier alpha value is -0.120.